The van der Waals surface area contributed by atoms with Gasteiger partial charge in [-0.1, -0.05) is 18.9 Å². The maximum atomic E-state index is 12.0. The number of allylic oxidation sites excluding steroid dienone is 1. The number of esters is 1. The van der Waals surface area contributed by atoms with Gasteiger partial charge in [-0.25, -0.2) is 0 Å². The molecule has 6 heteroatoms. The van der Waals surface area contributed by atoms with Crippen LogP contribution in [0.4, 0.5) is 0 Å². The molecule has 1 saturated carbocycles. The van der Waals surface area contributed by atoms with Crippen LogP contribution in [-0.2, 0) is 28.5 Å². The number of ether oxygens (including phenoxy) is 5. The molecule has 0 aromatic carbocycles. The standard InChI is InChI=1S/C26H42O6/c27-23-18-22-17-21(20-31-25-12-6-10-16-30-25)19-26(22,32-23)13-7-3-1-2-4-8-14-28-24-11-5-9-15-29-24/h7,13,21-22,24-25H,1-6,8-12,14-20H2/t21-,22-,24?,25?,26+/m0/s1. The molecule has 5 atom stereocenters. The van der Waals surface area contributed by atoms with Crippen molar-refractivity contribution in [1.82, 2.24) is 0 Å². The first kappa shape index (κ1) is 24.2. The minimum atomic E-state index is -0.396. The van der Waals surface area contributed by atoms with Crippen molar-refractivity contribution in [3.05, 3.63) is 12.2 Å². The van der Waals surface area contributed by atoms with Crippen molar-refractivity contribution in [2.45, 2.75) is 108 Å². The van der Waals surface area contributed by atoms with Crippen LogP contribution in [-0.4, -0.2) is 50.6 Å². The molecule has 3 heterocycles. The molecule has 4 aliphatic rings. The van der Waals surface area contributed by atoms with E-state index in [9.17, 15) is 4.79 Å². The summed E-state index contributed by atoms with van der Waals surface area (Å²) in [7, 11) is 0. The molecule has 0 aromatic rings. The average molecular weight is 451 g/mol. The SMILES string of the molecule is O=C1C[C@@H]2C[C@H](COC3CCCCO3)C[C@@]2(C=CCCCCCCOC2CCCCO2)O1. The summed E-state index contributed by atoms with van der Waals surface area (Å²) >= 11 is 0. The summed E-state index contributed by atoms with van der Waals surface area (Å²) in [4.78, 5) is 12.0. The van der Waals surface area contributed by atoms with Crippen LogP contribution in [0.2, 0.25) is 0 Å². The van der Waals surface area contributed by atoms with E-state index in [-0.39, 0.29) is 18.5 Å². The van der Waals surface area contributed by atoms with Gasteiger partial charge >= 0.3 is 5.97 Å². The van der Waals surface area contributed by atoms with Crippen molar-refractivity contribution in [2.75, 3.05) is 26.4 Å². The number of carbonyl (C=O) groups is 1. The minimum absolute atomic E-state index is 0.0313. The molecule has 3 saturated heterocycles. The number of hydrogen-bond donors (Lipinski definition) is 0. The lowest BCUT2D eigenvalue weighted by Gasteiger charge is -2.25. The monoisotopic (exact) mass is 450 g/mol. The molecule has 2 unspecified atom stereocenters. The summed E-state index contributed by atoms with van der Waals surface area (Å²) in [5.74, 6) is 0.694. The summed E-state index contributed by atoms with van der Waals surface area (Å²) in [6.07, 6.45) is 19.3. The van der Waals surface area contributed by atoms with Gasteiger partial charge in [-0.15, -0.1) is 0 Å². The normalized spacial score (nSPS) is 35.3. The third-order valence-corrected chi connectivity index (χ3v) is 7.40. The Morgan fingerprint density at radius 1 is 0.938 bits per heavy atom. The number of rotatable bonds is 12. The highest BCUT2D eigenvalue weighted by molar-refractivity contribution is 5.73. The van der Waals surface area contributed by atoms with Gasteiger partial charge in [-0.05, 0) is 82.6 Å². The van der Waals surface area contributed by atoms with Crippen molar-refractivity contribution >= 4 is 5.97 Å². The Bertz CT molecular complexity index is 595. The summed E-state index contributed by atoms with van der Waals surface area (Å²) < 4.78 is 29.0. The maximum absolute atomic E-state index is 12.0. The fourth-order valence-corrected chi connectivity index (χ4v) is 5.65. The molecule has 6 nitrogen and oxygen atoms in total. The van der Waals surface area contributed by atoms with Crippen LogP contribution in [0.1, 0.15) is 89.9 Å². The molecule has 0 N–H and O–H groups in total. The Balaban J connectivity index is 1.11. The van der Waals surface area contributed by atoms with Crippen molar-refractivity contribution in [2.24, 2.45) is 11.8 Å². The van der Waals surface area contributed by atoms with Crippen LogP contribution < -0.4 is 0 Å². The molecule has 4 fully saturated rings. The summed E-state index contributed by atoms with van der Waals surface area (Å²) in [5, 5.41) is 0. The van der Waals surface area contributed by atoms with E-state index in [1.807, 2.05) is 0 Å². The zero-order chi connectivity index (χ0) is 22.1. The van der Waals surface area contributed by atoms with E-state index in [0.717, 1.165) is 71.2 Å². The van der Waals surface area contributed by atoms with Crippen LogP contribution in [0, 0.1) is 11.8 Å². The molecule has 3 aliphatic heterocycles. The Kier molecular flexibility index (Phi) is 9.44. The van der Waals surface area contributed by atoms with Gasteiger partial charge in [0.25, 0.3) is 0 Å². The van der Waals surface area contributed by atoms with Gasteiger partial charge < -0.3 is 23.7 Å². The number of unbranched alkanes of at least 4 members (excludes halogenated alkanes) is 4. The van der Waals surface area contributed by atoms with E-state index >= 15 is 0 Å². The quantitative estimate of drug-likeness (QED) is 0.229. The Hall–Kier alpha value is -0.950. The minimum Gasteiger partial charge on any atom is -0.454 e. The molecule has 4 rings (SSSR count). The maximum Gasteiger partial charge on any atom is 0.307 e. The first-order valence-electron chi connectivity index (χ1n) is 13.1. The van der Waals surface area contributed by atoms with E-state index in [0.29, 0.717) is 24.9 Å². The molecule has 0 aromatic heterocycles. The predicted octanol–water partition coefficient (Wildman–Crippen LogP) is 5.29. The van der Waals surface area contributed by atoms with Crippen molar-refractivity contribution in [3.8, 4) is 0 Å². The number of hydrogen-bond acceptors (Lipinski definition) is 6. The van der Waals surface area contributed by atoms with Crippen molar-refractivity contribution in [1.29, 1.82) is 0 Å². The van der Waals surface area contributed by atoms with E-state index < -0.39 is 5.60 Å². The molecular weight excluding hydrogens is 408 g/mol. The molecule has 0 bridgehead atoms. The molecule has 182 valence electrons. The van der Waals surface area contributed by atoms with Crippen LogP contribution >= 0.6 is 0 Å². The fraction of sp³-hybridized carbons (Fsp3) is 0.885. The van der Waals surface area contributed by atoms with Crippen LogP contribution in [0.3, 0.4) is 0 Å². The number of fused-ring (bicyclic) bond motifs is 1. The van der Waals surface area contributed by atoms with Crippen LogP contribution in [0.5, 0.6) is 0 Å². The van der Waals surface area contributed by atoms with Crippen LogP contribution in [0.25, 0.3) is 0 Å². The highest BCUT2D eigenvalue weighted by atomic mass is 16.7. The molecular formula is C26H42O6. The van der Waals surface area contributed by atoms with Gasteiger partial charge in [0.15, 0.2) is 12.6 Å². The lowest BCUT2D eigenvalue weighted by atomic mass is 9.90. The largest absolute Gasteiger partial charge is 0.454 e. The zero-order valence-electron chi connectivity index (χ0n) is 19.6. The van der Waals surface area contributed by atoms with Gasteiger partial charge in [-0.2, -0.15) is 0 Å². The van der Waals surface area contributed by atoms with E-state index in [1.165, 1.54) is 32.1 Å². The third-order valence-electron chi connectivity index (χ3n) is 7.40. The molecule has 0 radical (unpaired) electrons. The van der Waals surface area contributed by atoms with Gasteiger partial charge in [0, 0.05) is 25.7 Å². The molecule has 0 amide bonds. The van der Waals surface area contributed by atoms with Gasteiger partial charge in [-0.3, -0.25) is 4.79 Å². The second kappa shape index (κ2) is 12.5. The lowest BCUT2D eigenvalue weighted by Crippen LogP contribution is -2.29. The predicted molar refractivity (Wildman–Crippen MR) is 121 cm³/mol. The van der Waals surface area contributed by atoms with Crippen molar-refractivity contribution in [3.63, 3.8) is 0 Å². The second-order valence-electron chi connectivity index (χ2n) is 10.0. The molecule has 32 heavy (non-hydrogen) atoms. The lowest BCUT2D eigenvalue weighted by molar-refractivity contribution is -0.170. The first-order valence-corrected chi connectivity index (χ1v) is 13.1. The second-order valence-corrected chi connectivity index (χ2v) is 10.0. The Morgan fingerprint density at radius 3 is 2.44 bits per heavy atom. The first-order chi connectivity index (χ1) is 15.7. The number of carbonyl (C=O) groups excluding carboxylic acids is 1. The molecule has 0 spiro atoms. The van der Waals surface area contributed by atoms with E-state index in [1.54, 1.807) is 0 Å². The molecule has 1 aliphatic carbocycles. The summed E-state index contributed by atoms with van der Waals surface area (Å²) in [6.45, 7) is 3.17. The average Bonchev–Trinajstić information content (AvgIpc) is 3.29. The smallest absolute Gasteiger partial charge is 0.307 e. The highest BCUT2D eigenvalue weighted by Gasteiger charge is 2.53. The zero-order valence-corrected chi connectivity index (χ0v) is 19.6. The van der Waals surface area contributed by atoms with Crippen molar-refractivity contribution < 1.29 is 28.5 Å². The van der Waals surface area contributed by atoms with E-state index in [2.05, 4.69) is 12.2 Å². The Morgan fingerprint density at radius 2 is 1.69 bits per heavy atom. The van der Waals surface area contributed by atoms with Crippen LogP contribution in [0.15, 0.2) is 12.2 Å². The Labute approximate surface area is 193 Å². The topological polar surface area (TPSA) is 63.2 Å². The van der Waals surface area contributed by atoms with Gasteiger partial charge in [0.2, 0.25) is 0 Å². The van der Waals surface area contributed by atoms with E-state index in [4.69, 9.17) is 23.7 Å². The van der Waals surface area contributed by atoms with Gasteiger partial charge in [0.1, 0.15) is 5.60 Å². The summed E-state index contributed by atoms with van der Waals surface area (Å²) in [6, 6.07) is 0. The third kappa shape index (κ3) is 7.02. The summed E-state index contributed by atoms with van der Waals surface area (Å²) in [5.41, 5.74) is -0.396. The fourth-order valence-electron chi connectivity index (χ4n) is 5.65. The highest BCUT2D eigenvalue weighted by Crippen LogP contribution is 2.49. The van der Waals surface area contributed by atoms with Gasteiger partial charge in [0.05, 0.1) is 13.0 Å².